The molecular weight excluding hydrogens is 319 g/mol. The van der Waals surface area contributed by atoms with Crippen molar-refractivity contribution in [1.29, 1.82) is 0 Å². The van der Waals surface area contributed by atoms with E-state index in [-0.39, 0.29) is 0 Å². The standard InChI is InChI=1S/C11H12BrFN4O2/c12-9-6-7(13)2-3-8(9)10(11(18)19)15-4-1-5-16-17-14/h2-3,6,10,15H,1,4-5H2,(H,18,19). The number of hydrogen-bond acceptors (Lipinski definition) is 3. The molecule has 2 N–H and O–H groups in total. The summed E-state index contributed by atoms with van der Waals surface area (Å²) >= 11 is 3.14. The Morgan fingerprint density at radius 2 is 2.37 bits per heavy atom. The highest BCUT2D eigenvalue weighted by atomic mass is 79.9. The molecule has 1 atom stereocenters. The third-order valence-corrected chi connectivity index (χ3v) is 3.05. The van der Waals surface area contributed by atoms with Gasteiger partial charge in [0.05, 0.1) is 0 Å². The van der Waals surface area contributed by atoms with Crippen LogP contribution in [-0.2, 0) is 4.79 Å². The Bertz CT molecular complexity index is 505. The average molecular weight is 331 g/mol. The fraction of sp³-hybridized carbons (Fsp3) is 0.364. The van der Waals surface area contributed by atoms with Gasteiger partial charge in [0, 0.05) is 15.9 Å². The molecule has 0 amide bonds. The van der Waals surface area contributed by atoms with Crippen molar-refractivity contribution in [3.8, 4) is 0 Å². The van der Waals surface area contributed by atoms with Gasteiger partial charge in [-0.1, -0.05) is 27.1 Å². The van der Waals surface area contributed by atoms with Gasteiger partial charge < -0.3 is 10.4 Å². The lowest BCUT2D eigenvalue weighted by Gasteiger charge is -2.16. The fourth-order valence-corrected chi connectivity index (χ4v) is 2.09. The van der Waals surface area contributed by atoms with Crippen molar-refractivity contribution in [2.45, 2.75) is 12.5 Å². The van der Waals surface area contributed by atoms with E-state index in [2.05, 4.69) is 31.3 Å². The first-order valence-corrected chi connectivity index (χ1v) is 6.27. The maximum atomic E-state index is 13.0. The van der Waals surface area contributed by atoms with Crippen LogP contribution in [0.5, 0.6) is 0 Å². The van der Waals surface area contributed by atoms with E-state index >= 15 is 0 Å². The summed E-state index contributed by atoms with van der Waals surface area (Å²) in [6.07, 6.45) is 0.520. The van der Waals surface area contributed by atoms with Crippen LogP contribution >= 0.6 is 15.9 Å². The minimum atomic E-state index is -1.06. The van der Waals surface area contributed by atoms with E-state index in [9.17, 15) is 9.18 Å². The van der Waals surface area contributed by atoms with E-state index in [1.807, 2.05) is 0 Å². The van der Waals surface area contributed by atoms with Gasteiger partial charge in [0.15, 0.2) is 0 Å². The van der Waals surface area contributed by atoms with E-state index < -0.39 is 17.8 Å². The number of rotatable bonds is 7. The van der Waals surface area contributed by atoms with Crippen molar-refractivity contribution in [2.75, 3.05) is 13.1 Å². The van der Waals surface area contributed by atoms with E-state index in [0.29, 0.717) is 29.5 Å². The van der Waals surface area contributed by atoms with Gasteiger partial charge in [0.25, 0.3) is 0 Å². The van der Waals surface area contributed by atoms with Crippen molar-refractivity contribution in [2.24, 2.45) is 5.11 Å². The molecule has 1 aromatic rings. The molecule has 1 rings (SSSR count). The first kappa shape index (κ1) is 15.4. The highest BCUT2D eigenvalue weighted by Crippen LogP contribution is 2.24. The summed E-state index contributed by atoms with van der Waals surface area (Å²) in [6.45, 7) is 0.667. The van der Waals surface area contributed by atoms with Gasteiger partial charge >= 0.3 is 5.97 Å². The molecule has 0 aliphatic heterocycles. The molecule has 0 aliphatic carbocycles. The van der Waals surface area contributed by atoms with Gasteiger partial charge in [-0.3, -0.25) is 4.79 Å². The number of nitrogens with zero attached hydrogens (tertiary/aromatic N) is 3. The zero-order chi connectivity index (χ0) is 14.3. The van der Waals surface area contributed by atoms with Crippen molar-refractivity contribution >= 4 is 21.9 Å². The molecule has 0 fully saturated rings. The minimum Gasteiger partial charge on any atom is -0.480 e. The van der Waals surface area contributed by atoms with Crippen LogP contribution in [-0.4, -0.2) is 24.2 Å². The lowest BCUT2D eigenvalue weighted by molar-refractivity contribution is -0.139. The number of carboxylic acids is 1. The summed E-state index contributed by atoms with van der Waals surface area (Å²) in [6, 6.07) is 2.89. The van der Waals surface area contributed by atoms with Crippen molar-refractivity contribution in [3.05, 3.63) is 44.5 Å². The predicted molar refractivity (Wildman–Crippen MR) is 71.1 cm³/mol. The Hall–Kier alpha value is -1.63. The van der Waals surface area contributed by atoms with Gasteiger partial charge in [0.1, 0.15) is 11.9 Å². The number of carboxylic acid groups (broad SMARTS) is 1. The van der Waals surface area contributed by atoms with Crippen LogP contribution in [0.4, 0.5) is 4.39 Å². The molecule has 6 nitrogen and oxygen atoms in total. The Morgan fingerprint density at radius 1 is 1.63 bits per heavy atom. The smallest absolute Gasteiger partial charge is 0.325 e. The molecule has 0 heterocycles. The minimum absolute atomic E-state index is 0.292. The molecule has 0 bridgehead atoms. The molecule has 102 valence electrons. The normalized spacial score (nSPS) is 11.7. The SMILES string of the molecule is [N-]=[N+]=NCCCNC(C(=O)O)c1ccc(F)cc1Br. The molecule has 8 heteroatoms. The molecule has 0 aliphatic rings. The monoisotopic (exact) mass is 330 g/mol. The van der Waals surface area contributed by atoms with E-state index in [4.69, 9.17) is 10.6 Å². The van der Waals surface area contributed by atoms with E-state index in [1.54, 1.807) is 0 Å². The molecule has 0 aromatic heterocycles. The molecule has 0 spiro atoms. The van der Waals surface area contributed by atoms with Crippen LogP contribution in [0.1, 0.15) is 18.0 Å². The molecule has 19 heavy (non-hydrogen) atoms. The highest BCUT2D eigenvalue weighted by Gasteiger charge is 2.21. The Kier molecular flexibility index (Phi) is 6.27. The first-order chi connectivity index (χ1) is 9.06. The number of carbonyl (C=O) groups is 1. The first-order valence-electron chi connectivity index (χ1n) is 5.48. The summed E-state index contributed by atoms with van der Waals surface area (Å²) in [5.41, 5.74) is 8.55. The van der Waals surface area contributed by atoms with Crippen molar-refractivity contribution in [1.82, 2.24) is 5.32 Å². The predicted octanol–water partition coefficient (Wildman–Crippen LogP) is 3.00. The second-order valence-electron chi connectivity index (χ2n) is 3.70. The number of benzene rings is 1. The van der Waals surface area contributed by atoms with E-state index in [0.717, 1.165) is 0 Å². The number of hydrogen-bond donors (Lipinski definition) is 2. The molecule has 0 saturated carbocycles. The highest BCUT2D eigenvalue weighted by molar-refractivity contribution is 9.10. The van der Waals surface area contributed by atoms with E-state index in [1.165, 1.54) is 18.2 Å². The van der Waals surface area contributed by atoms with Crippen LogP contribution < -0.4 is 5.32 Å². The van der Waals surface area contributed by atoms with Crippen molar-refractivity contribution < 1.29 is 14.3 Å². The topological polar surface area (TPSA) is 98.1 Å². The number of nitrogens with one attached hydrogen (secondary N) is 1. The lowest BCUT2D eigenvalue weighted by atomic mass is 10.1. The molecular formula is C11H12BrFN4O2. The lowest BCUT2D eigenvalue weighted by Crippen LogP contribution is -2.29. The van der Waals surface area contributed by atoms with Gasteiger partial charge in [-0.25, -0.2) is 4.39 Å². The number of aliphatic carboxylic acids is 1. The fourth-order valence-electron chi connectivity index (χ4n) is 1.51. The van der Waals surface area contributed by atoms with Crippen LogP contribution in [0.15, 0.2) is 27.8 Å². The second kappa shape index (κ2) is 7.73. The zero-order valence-electron chi connectivity index (χ0n) is 9.88. The Morgan fingerprint density at radius 3 is 2.95 bits per heavy atom. The molecule has 1 aromatic carbocycles. The molecule has 1 unspecified atom stereocenters. The summed E-state index contributed by atoms with van der Waals surface area (Å²) in [4.78, 5) is 13.8. The molecule has 0 radical (unpaired) electrons. The number of azide groups is 1. The van der Waals surface area contributed by atoms with Crippen LogP contribution in [0.3, 0.4) is 0 Å². The van der Waals surface area contributed by atoms with Crippen molar-refractivity contribution in [3.63, 3.8) is 0 Å². The maximum Gasteiger partial charge on any atom is 0.325 e. The quantitative estimate of drug-likeness (QED) is 0.348. The maximum absolute atomic E-state index is 13.0. The summed E-state index contributed by atoms with van der Waals surface area (Å²) in [7, 11) is 0. The summed E-state index contributed by atoms with van der Waals surface area (Å²) < 4.78 is 13.4. The Labute approximate surface area is 117 Å². The largest absolute Gasteiger partial charge is 0.480 e. The van der Waals surface area contributed by atoms with Crippen LogP contribution in [0.25, 0.3) is 10.4 Å². The zero-order valence-corrected chi connectivity index (χ0v) is 11.5. The summed E-state index contributed by atoms with van der Waals surface area (Å²) in [5.74, 6) is -1.50. The Balaban J connectivity index is 2.71. The van der Waals surface area contributed by atoms with Gasteiger partial charge in [-0.15, -0.1) is 0 Å². The summed E-state index contributed by atoms with van der Waals surface area (Å²) in [5, 5.41) is 15.3. The van der Waals surface area contributed by atoms with Gasteiger partial charge in [-0.05, 0) is 36.2 Å². The third kappa shape index (κ3) is 4.86. The van der Waals surface area contributed by atoms with Gasteiger partial charge in [0.2, 0.25) is 0 Å². The third-order valence-electron chi connectivity index (χ3n) is 2.37. The average Bonchev–Trinajstić information content (AvgIpc) is 2.35. The molecule has 0 saturated heterocycles. The second-order valence-corrected chi connectivity index (χ2v) is 4.55. The van der Waals surface area contributed by atoms with Gasteiger partial charge in [-0.2, -0.15) is 0 Å². The van der Waals surface area contributed by atoms with Crippen LogP contribution in [0, 0.1) is 5.82 Å². The number of halogens is 2. The van der Waals surface area contributed by atoms with Crippen LogP contribution in [0.2, 0.25) is 0 Å².